The molecule has 5 rings (SSSR count). The third-order valence-corrected chi connectivity index (χ3v) is 9.30. The van der Waals surface area contributed by atoms with Crippen LogP contribution in [0.4, 0.5) is 0 Å². The highest BCUT2D eigenvalue weighted by Gasteiger charge is 2.40. The summed E-state index contributed by atoms with van der Waals surface area (Å²) in [7, 11) is 1.77. The number of likely N-dealkylation sites (tertiary alicyclic amines) is 1. The van der Waals surface area contributed by atoms with Gasteiger partial charge in [0, 0.05) is 17.1 Å². The van der Waals surface area contributed by atoms with Crippen LogP contribution in [0.2, 0.25) is 5.02 Å². The van der Waals surface area contributed by atoms with E-state index >= 15 is 0 Å². The van der Waals surface area contributed by atoms with Crippen LogP contribution in [0.3, 0.4) is 0 Å². The number of carbonyl (C=O) groups is 2. The first-order chi connectivity index (χ1) is 18.0. The van der Waals surface area contributed by atoms with Crippen molar-refractivity contribution in [1.29, 1.82) is 0 Å². The van der Waals surface area contributed by atoms with E-state index in [-0.39, 0.29) is 29.8 Å². The smallest absolute Gasteiger partial charge is 0.246 e. The number of hydrogen-bond donors (Lipinski definition) is 2. The second kappa shape index (κ2) is 11.5. The van der Waals surface area contributed by atoms with E-state index in [1.807, 2.05) is 36.1 Å². The quantitative estimate of drug-likeness (QED) is 0.389. The van der Waals surface area contributed by atoms with E-state index in [9.17, 15) is 9.59 Å². The fourth-order valence-corrected chi connectivity index (χ4v) is 6.96. The predicted octanol–water partition coefficient (Wildman–Crippen LogP) is 5.95. The molecule has 2 N–H and O–H groups in total. The second-order valence-corrected chi connectivity index (χ2v) is 11.8. The lowest BCUT2D eigenvalue weighted by Gasteiger charge is -2.35. The van der Waals surface area contributed by atoms with Gasteiger partial charge in [-0.05, 0) is 69.3 Å². The number of benzene rings is 2. The first-order valence-corrected chi connectivity index (χ1v) is 14.6. The number of nitrogens with zero attached hydrogens (tertiary/aromatic N) is 2. The maximum absolute atomic E-state index is 14.1. The fourth-order valence-electron chi connectivity index (χ4n) is 5.69. The van der Waals surface area contributed by atoms with E-state index in [0.717, 1.165) is 64.9 Å². The van der Waals surface area contributed by atoms with Gasteiger partial charge in [0.15, 0.2) is 0 Å². The summed E-state index contributed by atoms with van der Waals surface area (Å²) in [5, 5.41) is 7.81. The van der Waals surface area contributed by atoms with Crippen LogP contribution in [0.15, 0.2) is 42.5 Å². The Labute approximate surface area is 227 Å². The van der Waals surface area contributed by atoms with Gasteiger partial charge in [-0.1, -0.05) is 55.1 Å². The van der Waals surface area contributed by atoms with E-state index in [2.05, 4.69) is 28.8 Å². The van der Waals surface area contributed by atoms with Crippen LogP contribution in [-0.4, -0.2) is 47.4 Å². The summed E-state index contributed by atoms with van der Waals surface area (Å²) < 4.78 is 1.11. The van der Waals surface area contributed by atoms with Gasteiger partial charge in [0.25, 0.3) is 0 Å². The molecule has 2 fully saturated rings. The van der Waals surface area contributed by atoms with Gasteiger partial charge < -0.3 is 15.5 Å². The highest BCUT2D eigenvalue weighted by atomic mass is 35.5. The van der Waals surface area contributed by atoms with Gasteiger partial charge >= 0.3 is 0 Å². The molecule has 3 atom stereocenters. The Bertz CT molecular complexity index is 1250. The molecule has 6 nitrogen and oxygen atoms in total. The van der Waals surface area contributed by atoms with Crippen LogP contribution in [-0.2, 0) is 9.59 Å². The zero-order valence-electron chi connectivity index (χ0n) is 21.5. The van der Waals surface area contributed by atoms with Gasteiger partial charge in [-0.15, -0.1) is 11.3 Å². The Kier molecular flexibility index (Phi) is 8.12. The van der Waals surface area contributed by atoms with Crippen LogP contribution >= 0.6 is 22.9 Å². The molecule has 0 bridgehead atoms. The number of para-hydroxylation sites is 1. The molecule has 37 heavy (non-hydrogen) atoms. The summed E-state index contributed by atoms with van der Waals surface area (Å²) in [6, 6.07) is 13.2. The Balaban J connectivity index is 1.44. The number of hydrogen-bond acceptors (Lipinski definition) is 5. The van der Waals surface area contributed by atoms with Gasteiger partial charge in [0.2, 0.25) is 11.8 Å². The van der Waals surface area contributed by atoms with E-state index in [1.54, 1.807) is 18.4 Å². The molecule has 1 aliphatic carbocycles. The Morgan fingerprint density at radius 3 is 2.54 bits per heavy atom. The minimum atomic E-state index is -0.483. The zero-order chi connectivity index (χ0) is 25.9. The molecule has 2 amide bonds. The van der Waals surface area contributed by atoms with Crippen molar-refractivity contribution < 1.29 is 9.59 Å². The maximum atomic E-state index is 14.1. The number of thiazole rings is 1. The third-order valence-electron chi connectivity index (χ3n) is 7.92. The molecule has 1 aliphatic heterocycles. The summed E-state index contributed by atoms with van der Waals surface area (Å²) in [5.74, 6) is 0.111. The highest BCUT2D eigenvalue weighted by Crippen LogP contribution is 2.40. The molecule has 1 aromatic heterocycles. The molecule has 2 heterocycles. The number of carbonyl (C=O) groups excluding carboxylic acids is 2. The van der Waals surface area contributed by atoms with E-state index < -0.39 is 6.04 Å². The first kappa shape index (κ1) is 26.1. The third kappa shape index (κ3) is 5.54. The van der Waals surface area contributed by atoms with Gasteiger partial charge in [-0.3, -0.25) is 9.59 Å². The van der Waals surface area contributed by atoms with Gasteiger partial charge in [-0.25, -0.2) is 4.98 Å². The fraction of sp³-hybridized carbons (Fsp3) is 0.483. The van der Waals surface area contributed by atoms with Crippen LogP contribution < -0.4 is 10.6 Å². The van der Waals surface area contributed by atoms with E-state index in [0.29, 0.717) is 11.6 Å². The number of rotatable bonds is 7. The number of amides is 2. The summed E-state index contributed by atoms with van der Waals surface area (Å²) in [6.45, 7) is 2.53. The molecule has 0 radical (unpaired) electrons. The molecule has 2 aromatic carbocycles. The monoisotopic (exact) mass is 538 g/mol. The average molecular weight is 539 g/mol. The van der Waals surface area contributed by atoms with Crippen molar-refractivity contribution >= 4 is 45.0 Å². The summed E-state index contributed by atoms with van der Waals surface area (Å²) in [6.07, 6.45) is 7.21. The van der Waals surface area contributed by atoms with Crippen molar-refractivity contribution in [3.05, 3.63) is 52.5 Å². The maximum Gasteiger partial charge on any atom is 0.246 e. The highest BCUT2D eigenvalue weighted by molar-refractivity contribution is 7.18. The minimum Gasteiger partial charge on any atom is -0.343 e. The van der Waals surface area contributed by atoms with E-state index in [4.69, 9.17) is 16.6 Å². The lowest BCUT2D eigenvalue weighted by Crippen LogP contribution is -2.55. The van der Waals surface area contributed by atoms with Crippen LogP contribution in [0.25, 0.3) is 21.3 Å². The van der Waals surface area contributed by atoms with Crippen molar-refractivity contribution in [3.8, 4) is 11.1 Å². The Morgan fingerprint density at radius 1 is 1.05 bits per heavy atom. The summed E-state index contributed by atoms with van der Waals surface area (Å²) in [5.41, 5.74) is 3.11. The molecular formula is C29H35ClN4O2S. The van der Waals surface area contributed by atoms with E-state index in [1.165, 1.54) is 6.42 Å². The largest absolute Gasteiger partial charge is 0.343 e. The molecule has 196 valence electrons. The van der Waals surface area contributed by atoms with Gasteiger partial charge in [0.1, 0.15) is 11.0 Å². The van der Waals surface area contributed by atoms with Crippen molar-refractivity contribution in [2.75, 3.05) is 13.6 Å². The zero-order valence-corrected chi connectivity index (χ0v) is 23.1. The van der Waals surface area contributed by atoms with Gasteiger partial charge in [0.05, 0.1) is 22.3 Å². The van der Waals surface area contributed by atoms with Crippen molar-refractivity contribution in [3.63, 3.8) is 0 Å². The lowest BCUT2D eigenvalue weighted by atomic mass is 9.83. The second-order valence-electron chi connectivity index (χ2n) is 10.3. The normalized spacial score (nSPS) is 20.2. The minimum absolute atomic E-state index is 0.0447. The standard InChI is InChI=1S/C29H35ClN4O2S/c1-18(31-2)27(35)32-25(20-8-4-3-5-9-20)29(36)34-17-7-11-23(34)28-33-26-22(10-6-12-24(26)37-28)19-13-15-21(30)16-14-19/h6,10,12-16,18,20,23,25,31H,3-5,7-9,11,17H2,1-2H3,(H,32,35)/t18-,23-,25-/m0/s1. The Hall–Kier alpha value is -2.48. The predicted molar refractivity (Wildman–Crippen MR) is 151 cm³/mol. The molecular weight excluding hydrogens is 504 g/mol. The number of nitrogens with one attached hydrogen (secondary N) is 2. The topological polar surface area (TPSA) is 74.3 Å². The SMILES string of the molecule is CN[C@@H](C)C(=O)N[C@H](C(=O)N1CCC[C@H]1c1nc2c(-c3ccc(Cl)cc3)cccc2s1)C1CCCCC1. The molecule has 1 saturated carbocycles. The number of likely N-dealkylation sites (N-methyl/N-ethyl adjacent to an activating group) is 1. The number of fused-ring (bicyclic) bond motifs is 1. The Morgan fingerprint density at radius 2 is 1.81 bits per heavy atom. The summed E-state index contributed by atoms with van der Waals surface area (Å²) in [4.78, 5) is 34.0. The molecule has 0 spiro atoms. The lowest BCUT2D eigenvalue weighted by molar-refractivity contribution is -0.139. The number of aromatic nitrogens is 1. The number of halogens is 1. The average Bonchev–Trinajstić information content (AvgIpc) is 3.59. The molecule has 3 aromatic rings. The molecule has 0 unspecified atom stereocenters. The van der Waals surface area contributed by atoms with Crippen molar-refractivity contribution in [2.24, 2.45) is 5.92 Å². The first-order valence-electron chi connectivity index (χ1n) is 13.4. The van der Waals surface area contributed by atoms with Crippen LogP contribution in [0, 0.1) is 5.92 Å². The van der Waals surface area contributed by atoms with Crippen LogP contribution in [0.1, 0.15) is 62.9 Å². The van der Waals surface area contributed by atoms with Crippen molar-refractivity contribution in [1.82, 2.24) is 20.5 Å². The molecule has 2 aliphatic rings. The summed E-state index contributed by atoms with van der Waals surface area (Å²) >= 11 is 7.78. The molecule has 8 heteroatoms. The molecule has 1 saturated heterocycles. The van der Waals surface area contributed by atoms with Crippen LogP contribution in [0.5, 0.6) is 0 Å². The van der Waals surface area contributed by atoms with Crippen molar-refractivity contribution in [2.45, 2.75) is 70.0 Å². The van der Waals surface area contributed by atoms with Gasteiger partial charge in [-0.2, -0.15) is 0 Å².